The number of hydrogen-bond acceptors (Lipinski definition) is 3. The molecule has 0 aromatic rings. The third-order valence-corrected chi connectivity index (χ3v) is 4.72. The van der Waals surface area contributed by atoms with Crippen LogP contribution in [0.25, 0.3) is 0 Å². The average molecular weight is 226 g/mol. The van der Waals surface area contributed by atoms with Crippen LogP contribution in [0, 0.1) is 5.92 Å². The average Bonchev–Trinajstić information content (AvgIpc) is 2.83. The van der Waals surface area contributed by atoms with Crippen LogP contribution in [0.15, 0.2) is 0 Å². The van der Waals surface area contributed by atoms with E-state index in [1.165, 1.54) is 19.4 Å². The second-order valence-electron chi connectivity index (χ2n) is 5.97. The van der Waals surface area contributed by atoms with Crippen molar-refractivity contribution in [3.05, 3.63) is 0 Å². The molecule has 1 saturated carbocycles. The summed E-state index contributed by atoms with van der Waals surface area (Å²) in [7, 11) is 1.98. The van der Waals surface area contributed by atoms with E-state index in [9.17, 15) is 5.11 Å². The first-order valence-electron chi connectivity index (χ1n) is 6.66. The van der Waals surface area contributed by atoms with Crippen LogP contribution in [0.1, 0.15) is 39.5 Å². The van der Waals surface area contributed by atoms with Crippen LogP contribution >= 0.6 is 0 Å². The molecule has 3 heteroatoms. The Morgan fingerprint density at radius 2 is 2.19 bits per heavy atom. The molecule has 2 N–H and O–H groups in total. The first kappa shape index (κ1) is 12.3. The Kier molecular flexibility index (Phi) is 3.57. The predicted octanol–water partition coefficient (Wildman–Crippen LogP) is 1.22. The van der Waals surface area contributed by atoms with Crippen molar-refractivity contribution in [3.63, 3.8) is 0 Å². The maximum Gasteiger partial charge on any atom is 0.0613 e. The number of nitrogens with one attached hydrogen (secondary N) is 1. The SMILES string of the molecule is CNC1(CO)CCC(N2CC(C)CC2C)C1. The summed E-state index contributed by atoms with van der Waals surface area (Å²) < 4.78 is 0. The van der Waals surface area contributed by atoms with Crippen LogP contribution in [0.4, 0.5) is 0 Å². The fraction of sp³-hybridized carbons (Fsp3) is 1.00. The van der Waals surface area contributed by atoms with E-state index in [-0.39, 0.29) is 12.1 Å². The van der Waals surface area contributed by atoms with Crippen molar-refractivity contribution in [2.24, 2.45) is 5.92 Å². The van der Waals surface area contributed by atoms with Crippen LogP contribution in [0.2, 0.25) is 0 Å². The summed E-state index contributed by atoms with van der Waals surface area (Å²) in [4.78, 5) is 2.67. The minimum atomic E-state index is -0.00376. The van der Waals surface area contributed by atoms with Crippen LogP contribution in [-0.2, 0) is 0 Å². The fourth-order valence-corrected chi connectivity index (χ4v) is 3.67. The first-order valence-corrected chi connectivity index (χ1v) is 6.66. The molecule has 94 valence electrons. The van der Waals surface area contributed by atoms with Gasteiger partial charge in [-0.15, -0.1) is 0 Å². The van der Waals surface area contributed by atoms with Gasteiger partial charge in [-0.1, -0.05) is 6.92 Å². The minimum Gasteiger partial charge on any atom is -0.394 e. The number of aliphatic hydroxyl groups excluding tert-OH is 1. The standard InChI is InChI=1S/C13H26N2O/c1-10-6-11(2)15(8-10)12-4-5-13(7-12,9-16)14-3/h10-12,14,16H,4-9H2,1-3H3. The Hall–Kier alpha value is -0.120. The van der Waals surface area contributed by atoms with Gasteiger partial charge in [0.25, 0.3) is 0 Å². The molecule has 1 heterocycles. The van der Waals surface area contributed by atoms with Gasteiger partial charge in [-0.2, -0.15) is 0 Å². The summed E-state index contributed by atoms with van der Waals surface area (Å²) >= 11 is 0. The molecule has 0 aromatic heterocycles. The highest BCUT2D eigenvalue weighted by molar-refractivity contribution is 5.00. The zero-order valence-corrected chi connectivity index (χ0v) is 10.9. The lowest BCUT2D eigenvalue weighted by Gasteiger charge is -2.31. The lowest BCUT2D eigenvalue weighted by Crippen LogP contribution is -2.46. The molecule has 1 saturated heterocycles. The summed E-state index contributed by atoms with van der Waals surface area (Å²) in [5, 5.41) is 12.8. The number of rotatable bonds is 3. The molecule has 16 heavy (non-hydrogen) atoms. The van der Waals surface area contributed by atoms with Crippen molar-refractivity contribution in [1.82, 2.24) is 10.2 Å². The monoisotopic (exact) mass is 226 g/mol. The summed E-state index contributed by atoms with van der Waals surface area (Å²) in [5.41, 5.74) is -0.00376. The number of aliphatic hydroxyl groups is 1. The Morgan fingerprint density at radius 1 is 1.44 bits per heavy atom. The van der Waals surface area contributed by atoms with Gasteiger partial charge < -0.3 is 10.4 Å². The number of nitrogens with zero attached hydrogens (tertiary/aromatic N) is 1. The van der Waals surface area contributed by atoms with Crippen molar-refractivity contribution >= 4 is 0 Å². The topological polar surface area (TPSA) is 35.5 Å². The molecule has 0 bridgehead atoms. The Morgan fingerprint density at radius 3 is 2.62 bits per heavy atom. The van der Waals surface area contributed by atoms with Gasteiger partial charge in [-0.25, -0.2) is 0 Å². The van der Waals surface area contributed by atoms with Gasteiger partial charge in [0.1, 0.15) is 0 Å². The Bertz CT molecular complexity index is 240. The minimum absolute atomic E-state index is 0.00376. The molecular formula is C13H26N2O. The van der Waals surface area contributed by atoms with E-state index in [0.717, 1.165) is 24.8 Å². The maximum atomic E-state index is 9.51. The van der Waals surface area contributed by atoms with Crippen LogP contribution < -0.4 is 5.32 Å². The molecule has 2 aliphatic rings. The lowest BCUT2D eigenvalue weighted by molar-refractivity contribution is 0.144. The maximum absolute atomic E-state index is 9.51. The summed E-state index contributed by atoms with van der Waals surface area (Å²) in [6.45, 7) is 6.22. The molecule has 0 spiro atoms. The van der Waals surface area contributed by atoms with Crippen molar-refractivity contribution in [1.29, 1.82) is 0 Å². The van der Waals surface area contributed by atoms with E-state index >= 15 is 0 Å². The molecule has 2 fully saturated rings. The van der Waals surface area contributed by atoms with E-state index < -0.39 is 0 Å². The van der Waals surface area contributed by atoms with E-state index in [0.29, 0.717) is 6.04 Å². The third kappa shape index (κ3) is 2.13. The lowest BCUT2D eigenvalue weighted by atomic mass is 9.99. The normalized spacial score (nSPS) is 45.4. The van der Waals surface area contributed by atoms with Crippen molar-refractivity contribution in [3.8, 4) is 0 Å². The summed E-state index contributed by atoms with van der Waals surface area (Å²) in [6.07, 6.45) is 4.79. The van der Waals surface area contributed by atoms with Gasteiger partial charge in [0.05, 0.1) is 6.61 Å². The van der Waals surface area contributed by atoms with Crippen molar-refractivity contribution < 1.29 is 5.11 Å². The predicted molar refractivity (Wildman–Crippen MR) is 66.5 cm³/mol. The highest BCUT2D eigenvalue weighted by atomic mass is 16.3. The highest BCUT2D eigenvalue weighted by Gasteiger charge is 2.42. The molecule has 0 aromatic carbocycles. The molecule has 0 amide bonds. The smallest absolute Gasteiger partial charge is 0.0613 e. The molecule has 2 rings (SSSR count). The quantitative estimate of drug-likeness (QED) is 0.759. The molecule has 0 radical (unpaired) electrons. The largest absolute Gasteiger partial charge is 0.394 e. The van der Waals surface area contributed by atoms with Crippen LogP contribution in [-0.4, -0.2) is 47.8 Å². The highest BCUT2D eigenvalue weighted by Crippen LogP contribution is 2.36. The number of hydrogen-bond donors (Lipinski definition) is 2. The Balaban J connectivity index is 1.98. The van der Waals surface area contributed by atoms with Crippen LogP contribution in [0.5, 0.6) is 0 Å². The van der Waals surface area contributed by atoms with Gasteiger partial charge in [-0.3, -0.25) is 4.90 Å². The Labute approximate surface area is 99.2 Å². The number of likely N-dealkylation sites (tertiary alicyclic amines) is 1. The van der Waals surface area contributed by atoms with E-state index in [4.69, 9.17) is 0 Å². The summed E-state index contributed by atoms with van der Waals surface area (Å²) in [5.74, 6) is 0.841. The van der Waals surface area contributed by atoms with Gasteiger partial charge in [0.2, 0.25) is 0 Å². The van der Waals surface area contributed by atoms with E-state index in [2.05, 4.69) is 24.1 Å². The van der Waals surface area contributed by atoms with Gasteiger partial charge in [0, 0.05) is 24.2 Å². The van der Waals surface area contributed by atoms with Gasteiger partial charge in [-0.05, 0) is 45.6 Å². The molecule has 1 aliphatic carbocycles. The molecule has 1 aliphatic heterocycles. The molecule has 4 unspecified atom stereocenters. The fourth-order valence-electron chi connectivity index (χ4n) is 3.67. The van der Waals surface area contributed by atoms with Gasteiger partial charge in [0.15, 0.2) is 0 Å². The zero-order chi connectivity index (χ0) is 11.8. The molecular weight excluding hydrogens is 200 g/mol. The van der Waals surface area contributed by atoms with Crippen LogP contribution in [0.3, 0.4) is 0 Å². The van der Waals surface area contributed by atoms with E-state index in [1.807, 2.05) is 7.05 Å². The second kappa shape index (κ2) is 4.63. The first-order chi connectivity index (χ1) is 7.60. The van der Waals surface area contributed by atoms with Gasteiger partial charge >= 0.3 is 0 Å². The number of likely N-dealkylation sites (N-methyl/N-ethyl adjacent to an activating group) is 1. The molecule has 3 nitrogen and oxygen atoms in total. The van der Waals surface area contributed by atoms with Crippen molar-refractivity contribution in [2.45, 2.75) is 57.2 Å². The second-order valence-corrected chi connectivity index (χ2v) is 5.97. The van der Waals surface area contributed by atoms with E-state index in [1.54, 1.807) is 0 Å². The summed E-state index contributed by atoms with van der Waals surface area (Å²) in [6, 6.07) is 1.41. The zero-order valence-electron chi connectivity index (χ0n) is 10.9. The third-order valence-electron chi connectivity index (χ3n) is 4.72. The van der Waals surface area contributed by atoms with Crippen molar-refractivity contribution in [2.75, 3.05) is 20.2 Å². The molecule has 4 atom stereocenters.